The van der Waals surface area contributed by atoms with Gasteiger partial charge in [-0.3, -0.25) is 14.7 Å². The number of rotatable bonds is 4. The first-order chi connectivity index (χ1) is 12.6. The van der Waals surface area contributed by atoms with E-state index >= 15 is 0 Å². The van der Waals surface area contributed by atoms with Crippen LogP contribution in [-0.4, -0.2) is 51.4 Å². The molecule has 3 aliphatic rings. The molecule has 138 valence electrons. The van der Waals surface area contributed by atoms with Gasteiger partial charge in [-0.15, -0.1) is 11.3 Å². The number of pyridine rings is 1. The molecule has 2 atom stereocenters. The fourth-order valence-electron chi connectivity index (χ4n) is 4.29. The number of piperidine rings is 1. The Morgan fingerprint density at radius 2 is 2.15 bits per heavy atom. The molecular formula is C20H26N4OS. The predicted octanol–water partition coefficient (Wildman–Crippen LogP) is 3.15. The number of hydrogen-bond acceptors (Lipinski definition) is 5. The van der Waals surface area contributed by atoms with Crippen LogP contribution in [0.2, 0.25) is 0 Å². The number of carbonyl (C=O) groups excluding carboxylic acids is 1. The average Bonchev–Trinajstić information content (AvgIpc) is 2.82. The molecule has 0 spiro atoms. The van der Waals surface area contributed by atoms with E-state index < -0.39 is 0 Å². The summed E-state index contributed by atoms with van der Waals surface area (Å²) in [5.74, 6) is 0.632. The van der Waals surface area contributed by atoms with E-state index in [9.17, 15) is 4.79 Å². The molecule has 3 aliphatic heterocycles. The minimum Gasteiger partial charge on any atom is -0.335 e. The lowest BCUT2D eigenvalue weighted by Crippen LogP contribution is -2.44. The maximum Gasteiger partial charge on any atom is 0.272 e. The second-order valence-corrected chi connectivity index (χ2v) is 8.70. The van der Waals surface area contributed by atoms with Crippen molar-refractivity contribution in [2.24, 2.45) is 5.92 Å². The molecule has 0 aromatic carbocycles. The number of carbonyl (C=O) groups is 1. The van der Waals surface area contributed by atoms with Crippen LogP contribution in [0.1, 0.15) is 45.8 Å². The smallest absolute Gasteiger partial charge is 0.272 e. The zero-order valence-corrected chi connectivity index (χ0v) is 16.3. The zero-order chi connectivity index (χ0) is 18.1. The van der Waals surface area contributed by atoms with E-state index in [0.717, 1.165) is 37.6 Å². The van der Waals surface area contributed by atoms with Crippen LogP contribution in [0.4, 0.5) is 0 Å². The van der Waals surface area contributed by atoms with Crippen LogP contribution in [0.5, 0.6) is 0 Å². The van der Waals surface area contributed by atoms with Gasteiger partial charge in [-0.05, 0) is 44.2 Å². The molecule has 1 amide bonds. The first-order valence-corrected chi connectivity index (χ1v) is 10.3. The van der Waals surface area contributed by atoms with Crippen LogP contribution in [0.3, 0.4) is 0 Å². The molecule has 0 radical (unpaired) electrons. The van der Waals surface area contributed by atoms with Gasteiger partial charge in [-0.2, -0.15) is 0 Å². The largest absolute Gasteiger partial charge is 0.335 e. The normalized spacial score (nSPS) is 23.2. The van der Waals surface area contributed by atoms with E-state index in [2.05, 4.69) is 28.7 Å². The summed E-state index contributed by atoms with van der Waals surface area (Å²) in [6.45, 7) is 7.99. The lowest BCUT2D eigenvalue weighted by molar-refractivity contribution is 0.0730. The third-order valence-electron chi connectivity index (χ3n) is 5.56. The van der Waals surface area contributed by atoms with Gasteiger partial charge in [0.2, 0.25) is 0 Å². The molecule has 5 nitrogen and oxygen atoms in total. The van der Waals surface area contributed by atoms with Crippen molar-refractivity contribution in [2.75, 3.05) is 19.6 Å². The second kappa shape index (κ2) is 7.45. The van der Waals surface area contributed by atoms with Crippen molar-refractivity contribution in [2.45, 2.75) is 45.7 Å². The molecule has 0 saturated carbocycles. The lowest BCUT2D eigenvalue weighted by Gasteiger charge is -2.35. The molecule has 5 heterocycles. The monoisotopic (exact) mass is 370 g/mol. The van der Waals surface area contributed by atoms with E-state index in [4.69, 9.17) is 0 Å². The molecular weight excluding hydrogens is 344 g/mol. The summed E-state index contributed by atoms with van der Waals surface area (Å²) in [6, 6.07) is 6.00. The second-order valence-electron chi connectivity index (χ2n) is 7.41. The molecule has 2 aromatic heterocycles. The highest BCUT2D eigenvalue weighted by molar-refractivity contribution is 7.11. The molecule has 2 aromatic rings. The predicted molar refractivity (Wildman–Crippen MR) is 103 cm³/mol. The highest BCUT2D eigenvalue weighted by Crippen LogP contribution is 2.31. The summed E-state index contributed by atoms with van der Waals surface area (Å²) in [6.07, 6.45) is 5.09. The van der Waals surface area contributed by atoms with Crippen LogP contribution < -0.4 is 0 Å². The van der Waals surface area contributed by atoms with E-state index in [1.807, 2.05) is 34.4 Å². The van der Waals surface area contributed by atoms with Crippen molar-refractivity contribution in [1.82, 2.24) is 19.8 Å². The van der Waals surface area contributed by atoms with Crippen LogP contribution >= 0.6 is 11.3 Å². The van der Waals surface area contributed by atoms with Crippen LogP contribution in [0.25, 0.3) is 0 Å². The third-order valence-corrected chi connectivity index (χ3v) is 6.56. The number of aromatic nitrogens is 2. The maximum absolute atomic E-state index is 12.9. The van der Waals surface area contributed by atoms with Crippen molar-refractivity contribution in [3.8, 4) is 0 Å². The van der Waals surface area contributed by atoms with Crippen molar-refractivity contribution < 1.29 is 4.79 Å². The van der Waals surface area contributed by atoms with Gasteiger partial charge in [0.25, 0.3) is 5.91 Å². The molecule has 0 N–H and O–H groups in total. The molecule has 5 rings (SSSR count). The van der Waals surface area contributed by atoms with Gasteiger partial charge >= 0.3 is 0 Å². The highest BCUT2D eigenvalue weighted by atomic mass is 32.1. The standard InChI is InChI=1S/C20H26N4OS/c1-3-17-19(26-14(2)22-17)13-23-10-15-7-8-16(23)12-24(11-15)20(25)18-6-4-5-9-21-18/h4-6,9,15-16H,3,7-8,10-13H2,1-2H3/t15-,16-/m1/s1. The van der Waals surface area contributed by atoms with Crippen molar-refractivity contribution in [3.63, 3.8) is 0 Å². The Kier molecular flexibility index (Phi) is 5.05. The Balaban J connectivity index is 1.50. The van der Waals surface area contributed by atoms with Gasteiger partial charge in [0, 0.05) is 43.3 Å². The summed E-state index contributed by atoms with van der Waals surface area (Å²) in [4.78, 5) is 27.8. The highest BCUT2D eigenvalue weighted by Gasteiger charge is 2.37. The number of hydrogen-bond donors (Lipinski definition) is 0. The minimum atomic E-state index is 0.0761. The molecule has 2 bridgehead atoms. The number of fused-ring (bicyclic) bond motifs is 4. The molecule has 3 saturated heterocycles. The fourth-order valence-corrected chi connectivity index (χ4v) is 5.34. The van der Waals surface area contributed by atoms with Crippen molar-refractivity contribution >= 4 is 17.2 Å². The molecule has 6 heteroatoms. The lowest BCUT2D eigenvalue weighted by atomic mass is 9.95. The zero-order valence-electron chi connectivity index (χ0n) is 15.5. The SMILES string of the molecule is CCc1nc(C)sc1CN1C[C@H]2CC[C@@H]1CN(C(=O)c1ccccn1)C2. The van der Waals surface area contributed by atoms with E-state index in [1.54, 1.807) is 6.20 Å². The van der Waals surface area contributed by atoms with Gasteiger partial charge in [0.05, 0.1) is 10.7 Å². The summed E-state index contributed by atoms with van der Waals surface area (Å²) in [5, 5.41) is 1.16. The molecule has 0 aliphatic carbocycles. The Labute approximate surface area is 159 Å². The Bertz CT molecular complexity index is 775. The van der Waals surface area contributed by atoms with Crippen LogP contribution in [-0.2, 0) is 13.0 Å². The van der Waals surface area contributed by atoms with Gasteiger partial charge in [0.1, 0.15) is 5.69 Å². The number of aryl methyl sites for hydroxylation is 2. The molecule has 26 heavy (non-hydrogen) atoms. The quantitative estimate of drug-likeness (QED) is 0.830. The fraction of sp³-hybridized carbons (Fsp3) is 0.550. The summed E-state index contributed by atoms with van der Waals surface area (Å²) >= 11 is 1.83. The van der Waals surface area contributed by atoms with Crippen LogP contribution in [0, 0.1) is 12.8 Å². The maximum atomic E-state index is 12.9. The Morgan fingerprint density at radius 1 is 1.27 bits per heavy atom. The minimum absolute atomic E-state index is 0.0761. The van der Waals surface area contributed by atoms with E-state index in [0.29, 0.717) is 17.7 Å². The summed E-state index contributed by atoms with van der Waals surface area (Å²) in [5.41, 5.74) is 1.81. The van der Waals surface area contributed by atoms with Gasteiger partial charge in [-0.25, -0.2) is 4.98 Å². The average molecular weight is 371 g/mol. The van der Waals surface area contributed by atoms with E-state index in [1.165, 1.54) is 23.4 Å². The Morgan fingerprint density at radius 3 is 2.92 bits per heavy atom. The topological polar surface area (TPSA) is 49.3 Å². The first kappa shape index (κ1) is 17.6. The Hall–Kier alpha value is -1.79. The molecule has 3 fully saturated rings. The van der Waals surface area contributed by atoms with E-state index in [-0.39, 0.29) is 5.91 Å². The van der Waals surface area contributed by atoms with Crippen LogP contribution in [0.15, 0.2) is 24.4 Å². The summed E-state index contributed by atoms with van der Waals surface area (Å²) in [7, 11) is 0. The number of thiazole rings is 1. The molecule has 0 unspecified atom stereocenters. The van der Waals surface area contributed by atoms with Gasteiger partial charge in [0.15, 0.2) is 0 Å². The van der Waals surface area contributed by atoms with Crippen molar-refractivity contribution in [1.29, 1.82) is 0 Å². The van der Waals surface area contributed by atoms with Gasteiger partial charge < -0.3 is 4.90 Å². The summed E-state index contributed by atoms with van der Waals surface area (Å²) < 4.78 is 0. The third kappa shape index (κ3) is 3.53. The first-order valence-electron chi connectivity index (χ1n) is 9.53. The number of amides is 1. The number of nitrogens with zero attached hydrogens (tertiary/aromatic N) is 4. The van der Waals surface area contributed by atoms with Gasteiger partial charge in [-0.1, -0.05) is 13.0 Å². The van der Waals surface area contributed by atoms with Crippen molar-refractivity contribution in [3.05, 3.63) is 45.7 Å².